The highest BCUT2D eigenvalue weighted by Crippen LogP contribution is 2.30. The number of carbonyl (C=O) groups is 1. The van der Waals surface area contributed by atoms with E-state index >= 15 is 0 Å². The second kappa shape index (κ2) is 7.85. The Balaban J connectivity index is 1.60. The van der Waals surface area contributed by atoms with Gasteiger partial charge in [-0.25, -0.2) is 0 Å². The number of anilines is 1. The van der Waals surface area contributed by atoms with E-state index in [1.807, 2.05) is 11.0 Å². The molecule has 0 unspecified atom stereocenters. The summed E-state index contributed by atoms with van der Waals surface area (Å²) in [5.74, 6) is 0.687. The minimum Gasteiger partial charge on any atom is -0.378 e. The molecule has 22 heavy (non-hydrogen) atoms. The number of nitrogens with zero attached hydrogens (tertiary/aromatic N) is 2. The molecule has 5 nitrogen and oxygen atoms in total. The third kappa shape index (κ3) is 3.94. The fourth-order valence-corrected chi connectivity index (χ4v) is 3.67. The standard InChI is InChI=1S/C16H22N2O3S/c19-16(18-7-11-21-12-8-18)13-22-15-4-2-1-3-14(15)17-5-9-20-10-6-17/h1-4H,5-13H2. The number of benzene rings is 1. The lowest BCUT2D eigenvalue weighted by atomic mass is 10.2. The molecule has 0 saturated carbocycles. The fourth-order valence-electron chi connectivity index (χ4n) is 2.69. The number of para-hydroxylation sites is 1. The van der Waals surface area contributed by atoms with Gasteiger partial charge in [0.05, 0.1) is 37.9 Å². The fraction of sp³-hybridized carbons (Fsp3) is 0.562. The molecular weight excluding hydrogens is 300 g/mol. The predicted octanol–water partition coefficient (Wildman–Crippen LogP) is 1.47. The Kier molecular flexibility index (Phi) is 5.58. The highest BCUT2D eigenvalue weighted by Gasteiger charge is 2.19. The second-order valence-corrected chi connectivity index (χ2v) is 6.37. The van der Waals surface area contributed by atoms with Crippen molar-refractivity contribution in [1.82, 2.24) is 4.90 Å². The normalized spacial score (nSPS) is 19.3. The Morgan fingerprint density at radius 1 is 1.00 bits per heavy atom. The number of ether oxygens (including phenoxy) is 2. The molecule has 1 aromatic rings. The Morgan fingerprint density at radius 3 is 2.36 bits per heavy atom. The van der Waals surface area contributed by atoms with E-state index in [2.05, 4.69) is 23.1 Å². The molecule has 0 aromatic heterocycles. The van der Waals surface area contributed by atoms with E-state index in [4.69, 9.17) is 9.47 Å². The number of carbonyl (C=O) groups excluding carboxylic acids is 1. The first kappa shape index (κ1) is 15.6. The van der Waals surface area contributed by atoms with Gasteiger partial charge in [-0.05, 0) is 12.1 Å². The largest absolute Gasteiger partial charge is 0.378 e. The van der Waals surface area contributed by atoms with Gasteiger partial charge in [-0.2, -0.15) is 0 Å². The maximum Gasteiger partial charge on any atom is 0.233 e. The summed E-state index contributed by atoms with van der Waals surface area (Å²) >= 11 is 1.63. The molecule has 0 aliphatic carbocycles. The summed E-state index contributed by atoms with van der Waals surface area (Å²) in [5, 5.41) is 0. The van der Waals surface area contributed by atoms with Gasteiger partial charge in [-0.1, -0.05) is 12.1 Å². The summed E-state index contributed by atoms with van der Waals surface area (Å²) < 4.78 is 10.7. The highest BCUT2D eigenvalue weighted by molar-refractivity contribution is 8.00. The van der Waals surface area contributed by atoms with Crippen LogP contribution >= 0.6 is 11.8 Å². The molecule has 2 fully saturated rings. The van der Waals surface area contributed by atoms with Crippen molar-refractivity contribution in [2.75, 3.05) is 63.3 Å². The third-order valence-corrected chi connectivity index (χ3v) is 4.98. The van der Waals surface area contributed by atoms with Gasteiger partial charge >= 0.3 is 0 Å². The zero-order chi connectivity index (χ0) is 15.2. The summed E-state index contributed by atoms with van der Waals surface area (Å²) in [7, 11) is 0. The molecule has 0 atom stereocenters. The van der Waals surface area contributed by atoms with E-state index in [1.54, 1.807) is 11.8 Å². The van der Waals surface area contributed by atoms with E-state index < -0.39 is 0 Å². The van der Waals surface area contributed by atoms with Crippen molar-refractivity contribution < 1.29 is 14.3 Å². The molecule has 0 bridgehead atoms. The summed E-state index contributed by atoms with van der Waals surface area (Å²) in [6.45, 7) is 6.10. The third-order valence-electron chi connectivity index (χ3n) is 3.93. The van der Waals surface area contributed by atoms with Crippen LogP contribution in [0.5, 0.6) is 0 Å². The Labute approximate surface area is 135 Å². The maximum atomic E-state index is 12.3. The molecule has 1 aromatic carbocycles. The monoisotopic (exact) mass is 322 g/mol. The van der Waals surface area contributed by atoms with Gasteiger partial charge in [0.2, 0.25) is 5.91 Å². The van der Waals surface area contributed by atoms with E-state index in [0.29, 0.717) is 32.1 Å². The molecule has 0 N–H and O–H groups in total. The SMILES string of the molecule is O=C(CSc1ccccc1N1CCOCC1)N1CCOCC1. The van der Waals surface area contributed by atoms with Crippen molar-refractivity contribution in [1.29, 1.82) is 0 Å². The summed E-state index contributed by atoms with van der Waals surface area (Å²) in [4.78, 5) is 17.7. The van der Waals surface area contributed by atoms with E-state index in [9.17, 15) is 4.79 Å². The van der Waals surface area contributed by atoms with Crippen LogP contribution in [0.1, 0.15) is 0 Å². The van der Waals surface area contributed by atoms with Crippen molar-refractivity contribution in [3.05, 3.63) is 24.3 Å². The zero-order valence-electron chi connectivity index (χ0n) is 12.7. The predicted molar refractivity (Wildman–Crippen MR) is 87.6 cm³/mol. The molecule has 6 heteroatoms. The van der Waals surface area contributed by atoms with Gasteiger partial charge in [0.25, 0.3) is 0 Å². The molecule has 2 saturated heterocycles. The molecule has 1 amide bonds. The number of thioether (sulfide) groups is 1. The number of amides is 1. The average Bonchev–Trinajstić information content (AvgIpc) is 2.61. The lowest BCUT2D eigenvalue weighted by molar-refractivity contribution is -0.132. The van der Waals surface area contributed by atoms with Crippen molar-refractivity contribution >= 4 is 23.4 Å². The second-order valence-electron chi connectivity index (χ2n) is 5.35. The smallest absolute Gasteiger partial charge is 0.233 e. The van der Waals surface area contributed by atoms with Crippen LogP contribution in [-0.4, -0.2) is 69.2 Å². The topological polar surface area (TPSA) is 42.0 Å². The molecule has 3 rings (SSSR count). The van der Waals surface area contributed by atoms with E-state index in [0.717, 1.165) is 26.3 Å². The van der Waals surface area contributed by atoms with Gasteiger partial charge in [0, 0.05) is 31.1 Å². The quantitative estimate of drug-likeness (QED) is 0.786. The molecule has 2 heterocycles. The van der Waals surface area contributed by atoms with Gasteiger partial charge in [0.15, 0.2) is 0 Å². The van der Waals surface area contributed by atoms with Crippen LogP contribution in [0.4, 0.5) is 5.69 Å². The number of rotatable bonds is 4. The summed E-state index contributed by atoms with van der Waals surface area (Å²) in [6.07, 6.45) is 0. The molecule has 2 aliphatic heterocycles. The van der Waals surface area contributed by atoms with Crippen LogP contribution in [0.25, 0.3) is 0 Å². The van der Waals surface area contributed by atoms with Gasteiger partial charge < -0.3 is 19.3 Å². The molecule has 0 radical (unpaired) electrons. The minimum absolute atomic E-state index is 0.199. The van der Waals surface area contributed by atoms with Crippen LogP contribution in [0.2, 0.25) is 0 Å². The van der Waals surface area contributed by atoms with Crippen LogP contribution in [0.3, 0.4) is 0 Å². The van der Waals surface area contributed by atoms with Crippen LogP contribution in [0.15, 0.2) is 29.2 Å². The van der Waals surface area contributed by atoms with Gasteiger partial charge in [0.1, 0.15) is 0 Å². The lowest BCUT2D eigenvalue weighted by Gasteiger charge is -2.30. The van der Waals surface area contributed by atoms with Crippen LogP contribution in [0, 0.1) is 0 Å². The molecular formula is C16H22N2O3S. The first-order valence-electron chi connectivity index (χ1n) is 7.74. The molecule has 2 aliphatic rings. The number of hydrogen-bond acceptors (Lipinski definition) is 5. The van der Waals surface area contributed by atoms with Crippen LogP contribution < -0.4 is 4.90 Å². The Bertz CT molecular complexity index is 500. The maximum absolute atomic E-state index is 12.3. The lowest BCUT2D eigenvalue weighted by Crippen LogP contribution is -2.41. The zero-order valence-corrected chi connectivity index (χ0v) is 13.5. The van der Waals surface area contributed by atoms with Crippen molar-refractivity contribution in [3.8, 4) is 0 Å². The van der Waals surface area contributed by atoms with Gasteiger partial charge in [-0.3, -0.25) is 4.79 Å². The Hall–Kier alpha value is -1.24. The molecule has 120 valence electrons. The van der Waals surface area contributed by atoms with Crippen molar-refractivity contribution in [2.24, 2.45) is 0 Å². The minimum atomic E-state index is 0.199. The summed E-state index contributed by atoms with van der Waals surface area (Å²) in [6, 6.07) is 8.32. The molecule has 0 spiro atoms. The summed E-state index contributed by atoms with van der Waals surface area (Å²) in [5.41, 5.74) is 1.21. The van der Waals surface area contributed by atoms with E-state index in [-0.39, 0.29) is 5.91 Å². The van der Waals surface area contributed by atoms with E-state index in [1.165, 1.54) is 10.6 Å². The van der Waals surface area contributed by atoms with Gasteiger partial charge in [-0.15, -0.1) is 11.8 Å². The first-order valence-corrected chi connectivity index (χ1v) is 8.73. The number of hydrogen-bond donors (Lipinski definition) is 0. The first-order chi connectivity index (χ1) is 10.8. The van der Waals surface area contributed by atoms with Crippen molar-refractivity contribution in [2.45, 2.75) is 4.90 Å². The average molecular weight is 322 g/mol. The number of morpholine rings is 2. The Morgan fingerprint density at radius 2 is 1.64 bits per heavy atom. The van der Waals surface area contributed by atoms with Crippen molar-refractivity contribution in [3.63, 3.8) is 0 Å². The van der Waals surface area contributed by atoms with Crippen LogP contribution in [-0.2, 0) is 14.3 Å². The highest BCUT2D eigenvalue weighted by atomic mass is 32.2.